The summed E-state index contributed by atoms with van der Waals surface area (Å²) in [5.74, 6) is 2.06. The number of aryl methyl sites for hydroxylation is 3. The maximum absolute atomic E-state index is 12.3. The van der Waals surface area contributed by atoms with Crippen LogP contribution in [0.2, 0.25) is 0 Å². The van der Waals surface area contributed by atoms with E-state index in [0.717, 1.165) is 23.6 Å². The van der Waals surface area contributed by atoms with Gasteiger partial charge in [-0.2, -0.15) is 5.10 Å². The van der Waals surface area contributed by atoms with Gasteiger partial charge in [-0.1, -0.05) is 18.2 Å². The summed E-state index contributed by atoms with van der Waals surface area (Å²) in [5.41, 5.74) is 2.42. The number of hydrogen-bond acceptors (Lipinski definition) is 4. The van der Waals surface area contributed by atoms with Crippen molar-refractivity contribution in [3.05, 3.63) is 77.0 Å². The van der Waals surface area contributed by atoms with Crippen LogP contribution >= 0.6 is 0 Å². The molecule has 0 aliphatic heterocycles. The molecule has 0 saturated heterocycles. The molecule has 0 atom stereocenters. The first-order chi connectivity index (χ1) is 12.6. The minimum absolute atomic E-state index is 0.0867. The average Bonchev–Trinajstić information content (AvgIpc) is 3.25. The van der Waals surface area contributed by atoms with Gasteiger partial charge in [0.1, 0.15) is 23.9 Å². The normalized spacial score (nSPS) is 11.2. The van der Waals surface area contributed by atoms with Crippen molar-refractivity contribution in [2.24, 2.45) is 0 Å². The second-order valence-corrected chi connectivity index (χ2v) is 6.04. The quantitative estimate of drug-likeness (QED) is 0.462. The van der Waals surface area contributed by atoms with Crippen molar-refractivity contribution in [3.63, 3.8) is 0 Å². The number of carbonyl (C=O) groups is 1. The molecule has 0 unspecified atom stereocenters. The second-order valence-electron chi connectivity index (χ2n) is 6.04. The van der Waals surface area contributed by atoms with Crippen LogP contribution in [0, 0.1) is 13.8 Å². The number of carbonyl (C=O) groups excluding carboxylic acids is 1. The average molecular weight is 350 g/mol. The molecule has 134 valence electrons. The number of hydrogen-bond donors (Lipinski definition) is 0. The lowest BCUT2D eigenvalue weighted by Gasteiger charge is -2.06. The zero-order chi connectivity index (χ0) is 18.5. The van der Waals surface area contributed by atoms with E-state index in [4.69, 9.17) is 9.15 Å². The van der Waals surface area contributed by atoms with Crippen molar-refractivity contribution in [1.82, 2.24) is 9.78 Å². The number of para-hydroxylation sites is 1. The van der Waals surface area contributed by atoms with Crippen molar-refractivity contribution in [2.45, 2.75) is 33.9 Å². The fourth-order valence-electron chi connectivity index (χ4n) is 2.60. The SMILES string of the molecule is CCn1cc(C(=O)/C=C/c2ccc(COc3ccccc3C)o2)c(C)n1. The van der Waals surface area contributed by atoms with Crippen LogP contribution in [0.25, 0.3) is 6.08 Å². The van der Waals surface area contributed by atoms with Gasteiger partial charge in [-0.25, -0.2) is 0 Å². The zero-order valence-corrected chi connectivity index (χ0v) is 15.2. The van der Waals surface area contributed by atoms with Crippen LogP contribution in [-0.2, 0) is 13.2 Å². The highest BCUT2D eigenvalue weighted by atomic mass is 16.5. The van der Waals surface area contributed by atoms with Gasteiger partial charge >= 0.3 is 0 Å². The monoisotopic (exact) mass is 350 g/mol. The summed E-state index contributed by atoms with van der Waals surface area (Å²) in [6, 6.07) is 11.5. The van der Waals surface area contributed by atoms with Crippen molar-refractivity contribution >= 4 is 11.9 Å². The molecule has 0 bridgehead atoms. The van der Waals surface area contributed by atoms with Crippen molar-refractivity contribution < 1.29 is 13.9 Å². The van der Waals surface area contributed by atoms with E-state index in [9.17, 15) is 4.79 Å². The van der Waals surface area contributed by atoms with E-state index in [1.54, 1.807) is 17.0 Å². The predicted octanol–water partition coefficient (Wildman–Crippen LogP) is 4.59. The predicted molar refractivity (Wildman–Crippen MR) is 100 cm³/mol. The summed E-state index contributed by atoms with van der Waals surface area (Å²) in [7, 11) is 0. The topological polar surface area (TPSA) is 57.3 Å². The van der Waals surface area contributed by atoms with Gasteiger partial charge in [0.2, 0.25) is 0 Å². The van der Waals surface area contributed by atoms with Gasteiger partial charge in [0.15, 0.2) is 5.78 Å². The van der Waals surface area contributed by atoms with Gasteiger partial charge in [0.25, 0.3) is 0 Å². The molecule has 2 aromatic heterocycles. The molecule has 3 aromatic rings. The smallest absolute Gasteiger partial charge is 0.189 e. The highest BCUT2D eigenvalue weighted by Gasteiger charge is 2.10. The Balaban J connectivity index is 1.62. The van der Waals surface area contributed by atoms with E-state index in [0.29, 0.717) is 23.7 Å². The summed E-state index contributed by atoms with van der Waals surface area (Å²) in [6.07, 6.45) is 4.95. The number of benzene rings is 1. The van der Waals surface area contributed by atoms with Gasteiger partial charge in [-0.3, -0.25) is 9.48 Å². The Hall–Kier alpha value is -3.08. The molecule has 0 aliphatic rings. The van der Waals surface area contributed by atoms with Crippen LogP contribution in [-0.4, -0.2) is 15.6 Å². The molecular weight excluding hydrogens is 328 g/mol. The number of aromatic nitrogens is 2. The second kappa shape index (κ2) is 7.87. The Morgan fingerprint density at radius 3 is 2.77 bits per heavy atom. The Morgan fingerprint density at radius 2 is 2.04 bits per heavy atom. The van der Waals surface area contributed by atoms with Gasteiger partial charge in [0, 0.05) is 12.7 Å². The molecule has 0 saturated carbocycles. The molecule has 26 heavy (non-hydrogen) atoms. The molecule has 0 N–H and O–H groups in total. The van der Waals surface area contributed by atoms with Crippen LogP contribution in [0.1, 0.15) is 40.1 Å². The Bertz CT molecular complexity index is 934. The van der Waals surface area contributed by atoms with E-state index >= 15 is 0 Å². The van der Waals surface area contributed by atoms with Crippen molar-refractivity contribution in [1.29, 1.82) is 0 Å². The first-order valence-electron chi connectivity index (χ1n) is 8.60. The molecule has 0 radical (unpaired) electrons. The van der Waals surface area contributed by atoms with E-state index < -0.39 is 0 Å². The Morgan fingerprint density at radius 1 is 1.23 bits per heavy atom. The van der Waals surface area contributed by atoms with Crippen LogP contribution in [0.15, 0.2) is 53.1 Å². The highest BCUT2D eigenvalue weighted by Crippen LogP contribution is 2.19. The number of ketones is 1. The maximum atomic E-state index is 12.3. The van der Waals surface area contributed by atoms with E-state index in [1.165, 1.54) is 6.08 Å². The van der Waals surface area contributed by atoms with Crippen molar-refractivity contribution in [2.75, 3.05) is 0 Å². The third-order valence-corrected chi connectivity index (χ3v) is 4.08. The van der Waals surface area contributed by atoms with Gasteiger partial charge in [0.05, 0.1) is 11.3 Å². The Kier molecular flexibility index (Phi) is 5.37. The molecule has 1 aromatic carbocycles. The fourth-order valence-corrected chi connectivity index (χ4v) is 2.60. The van der Waals surface area contributed by atoms with Gasteiger partial charge in [-0.05, 0) is 56.7 Å². The molecule has 5 heteroatoms. The van der Waals surface area contributed by atoms with Gasteiger partial charge < -0.3 is 9.15 Å². The maximum Gasteiger partial charge on any atom is 0.189 e. The van der Waals surface area contributed by atoms with Crippen LogP contribution < -0.4 is 4.74 Å². The third kappa shape index (κ3) is 4.11. The molecule has 0 spiro atoms. The zero-order valence-electron chi connectivity index (χ0n) is 15.2. The number of rotatable bonds is 7. The summed E-state index contributed by atoms with van der Waals surface area (Å²) in [6.45, 7) is 6.90. The summed E-state index contributed by atoms with van der Waals surface area (Å²) in [5, 5.41) is 4.29. The molecule has 0 aliphatic carbocycles. The molecular formula is C21H22N2O3. The molecule has 0 amide bonds. The lowest BCUT2D eigenvalue weighted by Crippen LogP contribution is -1.95. The number of allylic oxidation sites excluding steroid dienone is 1. The first-order valence-corrected chi connectivity index (χ1v) is 8.60. The minimum atomic E-state index is -0.0867. The number of ether oxygens (including phenoxy) is 1. The summed E-state index contributed by atoms with van der Waals surface area (Å²) < 4.78 is 13.2. The van der Waals surface area contributed by atoms with Crippen LogP contribution in [0.4, 0.5) is 0 Å². The lowest BCUT2D eigenvalue weighted by atomic mass is 10.1. The molecule has 3 rings (SSSR count). The summed E-state index contributed by atoms with van der Waals surface area (Å²) >= 11 is 0. The van der Waals surface area contributed by atoms with Crippen LogP contribution in [0.3, 0.4) is 0 Å². The fraction of sp³-hybridized carbons (Fsp3) is 0.238. The highest BCUT2D eigenvalue weighted by molar-refractivity contribution is 6.07. The summed E-state index contributed by atoms with van der Waals surface area (Å²) in [4.78, 5) is 12.3. The van der Waals surface area contributed by atoms with E-state index in [1.807, 2.05) is 57.2 Å². The number of nitrogens with zero attached hydrogens (tertiary/aromatic N) is 2. The Labute approximate surface area is 152 Å². The molecule has 5 nitrogen and oxygen atoms in total. The van der Waals surface area contributed by atoms with Crippen molar-refractivity contribution in [3.8, 4) is 5.75 Å². The standard InChI is InChI=1S/C21H22N2O3/c1-4-23-13-19(16(3)22-23)20(24)12-11-17-9-10-18(26-17)14-25-21-8-6-5-7-15(21)2/h5-13H,4,14H2,1-3H3/b12-11+. The molecule has 0 fully saturated rings. The van der Waals surface area contributed by atoms with E-state index in [2.05, 4.69) is 5.10 Å². The lowest BCUT2D eigenvalue weighted by molar-refractivity contribution is 0.104. The number of furan rings is 1. The largest absolute Gasteiger partial charge is 0.485 e. The molecule has 2 heterocycles. The van der Waals surface area contributed by atoms with Gasteiger partial charge in [-0.15, -0.1) is 0 Å². The third-order valence-electron chi connectivity index (χ3n) is 4.08. The first kappa shape index (κ1) is 17.7. The van der Waals surface area contributed by atoms with Crippen LogP contribution in [0.5, 0.6) is 5.75 Å². The minimum Gasteiger partial charge on any atom is -0.485 e. The van der Waals surface area contributed by atoms with E-state index in [-0.39, 0.29) is 5.78 Å².